The van der Waals surface area contributed by atoms with Crippen LogP contribution in [0.1, 0.15) is 41.6 Å². The number of nitrogens with one attached hydrogen (secondary N) is 2. The Labute approximate surface area is 147 Å². The van der Waals surface area contributed by atoms with E-state index in [0.717, 1.165) is 12.1 Å². The standard InChI is InChI=1S/C17H19F3N2O4/c18-17(19,20)13-4-2-1-3-12(13)15(24)21-9-14(23)22-11-7-5-10(6-8-11)16(25)26/h1-4,10-11H,5-9H2,(H,21,24)(H,22,23)(H,25,26). The third-order valence-corrected chi connectivity index (χ3v) is 4.33. The highest BCUT2D eigenvalue weighted by Gasteiger charge is 2.35. The van der Waals surface area contributed by atoms with E-state index in [1.165, 1.54) is 12.1 Å². The molecule has 0 bridgehead atoms. The van der Waals surface area contributed by atoms with Crippen LogP contribution >= 0.6 is 0 Å². The average Bonchev–Trinajstić information content (AvgIpc) is 2.59. The summed E-state index contributed by atoms with van der Waals surface area (Å²) in [6.07, 6.45) is -2.75. The van der Waals surface area contributed by atoms with Gasteiger partial charge >= 0.3 is 12.1 Å². The van der Waals surface area contributed by atoms with Gasteiger partial charge in [0.1, 0.15) is 0 Å². The fourth-order valence-corrected chi connectivity index (χ4v) is 2.95. The lowest BCUT2D eigenvalue weighted by Gasteiger charge is -2.26. The van der Waals surface area contributed by atoms with Gasteiger partial charge in [0.15, 0.2) is 0 Å². The van der Waals surface area contributed by atoms with Crippen molar-refractivity contribution in [3.63, 3.8) is 0 Å². The lowest BCUT2D eigenvalue weighted by atomic mass is 9.86. The maximum absolute atomic E-state index is 12.9. The van der Waals surface area contributed by atoms with Gasteiger partial charge in [-0.25, -0.2) is 0 Å². The predicted molar refractivity (Wildman–Crippen MR) is 85.3 cm³/mol. The summed E-state index contributed by atoms with van der Waals surface area (Å²) in [5, 5.41) is 13.8. The zero-order valence-electron chi connectivity index (χ0n) is 13.8. The lowest BCUT2D eigenvalue weighted by molar-refractivity contribution is -0.143. The van der Waals surface area contributed by atoms with Crippen molar-refractivity contribution in [2.75, 3.05) is 6.54 Å². The summed E-state index contributed by atoms with van der Waals surface area (Å²) in [5.74, 6) is -2.78. The maximum Gasteiger partial charge on any atom is 0.417 e. The van der Waals surface area contributed by atoms with Gasteiger partial charge in [0.2, 0.25) is 5.91 Å². The van der Waals surface area contributed by atoms with Gasteiger partial charge in [0.25, 0.3) is 5.91 Å². The van der Waals surface area contributed by atoms with Crippen molar-refractivity contribution < 1.29 is 32.7 Å². The van der Waals surface area contributed by atoms with Crippen LogP contribution in [-0.2, 0) is 15.8 Å². The molecule has 2 amide bonds. The first-order valence-corrected chi connectivity index (χ1v) is 8.15. The number of aliphatic carboxylic acids is 1. The first kappa shape index (κ1) is 19.7. The molecule has 0 saturated heterocycles. The molecule has 0 aromatic heterocycles. The summed E-state index contributed by atoms with van der Waals surface area (Å²) in [5.41, 5.74) is -1.61. The van der Waals surface area contributed by atoms with E-state index in [2.05, 4.69) is 10.6 Å². The van der Waals surface area contributed by atoms with Crippen LogP contribution in [0, 0.1) is 5.92 Å². The first-order valence-electron chi connectivity index (χ1n) is 8.15. The van der Waals surface area contributed by atoms with Crippen LogP contribution in [0.25, 0.3) is 0 Å². The smallest absolute Gasteiger partial charge is 0.417 e. The number of carbonyl (C=O) groups is 3. The highest BCUT2D eigenvalue weighted by molar-refractivity contribution is 5.97. The minimum absolute atomic E-state index is 0.197. The number of halogens is 3. The Morgan fingerprint density at radius 3 is 2.27 bits per heavy atom. The molecule has 6 nitrogen and oxygen atoms in total. The summed E-state index contributed by atoms with van der Waals surface area (Å²) in [7, 11) is 0. The average molecular weight is 372 g/mol. The highest BCUT2D eigenvalue weighted by atomic mass is 19.4. The highest BCUT2D eigenvalue weighted by Crippen LogP contribution is 2.31. The molecule has 0 spiro atoms. The molecule has 3 N–H and O–H groups in total. The van der Waals surface area contributed by atoms with E-state index < -0.39 is 47.5 Å². The van der Waals surface area contributed by atoms with Crippen molar-refractivity contribution in [3.05, 3.63) is 35.4 Å². The van der Waals surface area contributed by atoms with Crippen molar-refractivity contribution in [1.29, 1.82) is 0 Å². The third kappa shape index (κ3) is 5.21. The molecule has 142 valence electrons. The largest absolute Gasteiger partial charge is 0.481 e. The van der Waals surface area contributed by atoms with E-state index in [9.17, 15) is 27.6 Å². The van der Waals surface area contributed by atoms with Gasteiger partial charge in [-0.05, 0) is 37.8 Å². The van der Waals surface area contributed by atoms with Gasteiger partial charge in [-0.3, -0.25) is 14.4 Å². The third-order valence-electron chi connectivity index (χ3n) is 4.33. The minimum atomic E-state index is -4.67. The summed E-state index contributed by atoms with van der Waals surface area (Å²) >= 11 is 0. The van der Waals surface area contributed by atoms with E-state index in [0.29, 0.717) is 25.7 Å². The first-order chi connectivity index (χ1) is 12.2. The number of amides is 2. The van der Waals surface area contributed by atoms with Crippen LogP contribution in [0.5, 0.6) is 0 Å². The summed E-state index contributed by atoms with van der Waals surface area (Å²) in [6.45, 7) is -0.454. The lowest BCUT2D eigenvalue weighted by Crippen LogP contribution is -2.44. The normalized spacial score (nSPS) is 20.3. The van der Waals surface area contributed by atoms with Crippen LogP contribution in [0.3, 0.4) is 0 Å². The van der Waals surface area contributed by atoms with Gasteiger partial charge in [-0.1, -0.05) is 12.1 Å². The topological polar surface area (TPSA) is 95.5 Å². The molecule has 26 heavy (non-hydrogen) atoms. The van der Waals surface area contributed by atoms with E-state index in [1.54, 1.807) is 0 Å². The van der Waals surface area contributed by atoms with E-state index in [1.807, 2.05) is 0 Å². The van der Waals surface area contributed by atoms with Gasteiger partial charge in [0, 0.05) is 6.04 Å². The molecule has 0 heterocycles. The Morgan fingerprint density at radius 2 is 1.69 bits per heavy atom. The fraction of sp³-hybridized carbons (Fsp3) is 0.471. The molecule has 1 aromatic rings. The summed E-state index contributed by atoms with van der Waals surface area (Å²) < 4.78 is 38.7. The van der Waals surface area contributed by atoms with Crippen molar-refractivity contribution in [3.8, 4) is 0 Å². The van der Waals surface area contributed by atoms with Crippen molar-refractivity contribution in [1.82, 2.24) is 10.6 Å². The van der Waals surface area contributed by atoms with Crippen LogP contribution in [0.15, 0.2) is 24.3 Å². The second-order valence-electron chi connectivity index (χ2n) is 6.18. The Bertz CT molecular complexity index is 683. The quantitative estimate of drug-likeness (QED) is 0.738. The SMILES string of the molecule is O=C(CNC(=O)c1ccccc1C(F)(F)F)NC1CCC(C(=O)O)CC1. The molecule has 0 radical (unpaired) electrons. The number of alkyl halides is 3. The monoisotopic (exact) mass is 372 g/mol. The van der Waals surface area contributed by atoms with Crippen molar-refractivity contribution in [2.45, 2.75) is 37.9 Å². The number of hydrogen-bond donors (Lipinski definition) is 3. The molecule has 0 atom stereocenters. The van der Waals surface area contributed by atoms with Gasteiger partial charge in [-0.15, -0.1) is 0 Å². The fourth-order valence-electron chi connectivity index (χ4n) is 2.95. The summed E-state index contributed by atoms with van der Waals surface area (Å²) in [6, 6.07) is 4.14. The number of hydrogen-bond acceptors (Lipinski definition) is 3. The van der Waals surface area contributed by atoms with Crippen LogP contribution in [0.4, 0.5) is 13.2 Å². The Balaban J connectivity index is 1.85. The number of carboxylic acid groups (broad SMARTS) is 1. The van der Waals surface area contributed by atoms with Gasteiger partial charge in [-0.2, -0.15) is 13.2 Å². The Morgan fingerprint density at radius 1 is 1.08 bits per heavy atom. The Kier molecular flexibility index (Phi) is 6.23. The number of benzene rings is 1. The predicted octanol–water partition coefficient (Wildman–Crippen LogP) is 2.19. The minimum Gasteiger partial charge on any atom is -0.481 e. The van der Waals surface area contributed by atoms with E-state index in [-0.39, 0.29) is 6.04 Å². The number of carbonyl (C=O) groups excluding carboxylic acids is 2. The molecule has 0 unspecified atom stereocenters. The molecule has 1 fully saturated rings. The van der Waals surface area contributed by atoms with Crippen molar-refractivity contribution in [2.24, 2.45) is 5.92 Å². The molecule has 1 aliphatic carbocycles. The van der Waals surface area contributed by atoms with E-state index in [4.69, 9.17) is 5.11 Å². The molecule has 2 rings (SSSR count). The van der Waals surface area contributed by atoms with E-state index >= 15 is 0 Å². The van der Waals surface area contributed by atoms with Gasteiger partial charge < -0.3 is 15.7 Å². The number of carboxylic acids is 1. The zero-order chi connectivity index (χ0) is 19.3. The maximum atomic E-state index is 12.9. The molecular formula is C17H19F3N2O4. The van der Waals surface area contributed by atoms with Crippen LogP contribution in [0.2, 0.25) is 0 Å². The van der Waals surface area contributed by atoms with Crippen LogP contribution < -0.4 is 10.6 Å². The summed E-state index contributed by atoms with van der Waals surface area (Å²) in [4.78, 5) is 34.7. The van der Waals surface area contributed by atoms with Crippen molar-refractivity contribution >= 4 is 17.8 Å². The zero-order valence-corrected chi connectivity index (χ0v) is 13.8. The number of rotatable bonds is 5. The molecule has 0 aliphatic heterocycles. The molecular weight excluding hydrogens is 353 g/mol. The second kappa shape index (κ2) is 8.20. The molecule has 1 saturated carbocycles. The molecule has 1 aliphatic rings. The molecule has 9 heteroatoms. The van der Waals surface area contributed by atoms with Crippen LogP contribution in [-0.4, -0.2) is 35.5 Å². The molecule has 1 aromatic carbocycles. The second-order valence-corrected chi connectivity index (χ2v) is 6.18. The van der Waals surface area contributed by atoms with Gasteiger partial charge in [0.05, 0.1) is 23.6 Å². The Hall–Kier alpha value is -2.58.